The van der Waals surface area contributed by atoms with Crippen molar-refractivity contribution in [2.75, 3.05) is 31.2 Å². The summed E-state index contributed by atoms with van der Waals surface area (Å²) in [7, 11) is 0. The molecule has 1 aliphatic heterocycles. The van der Waals surface area contributed by atoms with E-state index in [0.717, 1.165) is 18.9 Å². The number of nitrogens with one attached hydrogen (secondary N) is 1. The maximum atomic E-state index is 13.5. The van der Waals surface area contributed by atoms with Gasteiger partial charge in [0, 0.05) is 31.4 Å². The first-order chi connectivity index (χ1) is 12.4. The van der Waals surface area contributed by atoms with Crippen LogP contribution in [0, 0.1) is 5.92 Å². The number of nitrogens with two attached hydrogens (primary N) is 1. The normalized spacial score (nSPS) is 23.9. The lowest BCUT2D eigenvalue weighted by molar-refractivity contribution is -0.138. The molecule has 0 aromatic heterocycles. The molecule has 2 fully saturated rings. The zero-order valence-corrected chi connectivity index (χ0v) is 14.5. The largest absolute Gasteiger partial charge is 0.416 e. The Balaban J connectivity index is 1.74. The van der Waals surface area contributed by atoms with E-state index < -0.39 is 11.7 Å². The van der Waals surface area contributed by atoms with Crippen LogP contribution in [0.15, 0.2) is 18.2 Å². The van der Waals surface area contributed by atoms with Gasteiger partial charge in [-0.1, -0.05) is 12.5 Å². The first kappa shape index (κ1) is 19.0. The summed E-state index contributed by atoms with van der Waals surface area (Å²) in [5.41, 5.74) is 5.77. The molecule has 1 aromatic carbocycles. The maximum Gasteiger partial charge on any atom is 0.416 e. The lowest BCUT2D eigenvalue weighted by Gasteiger charge is -2.29. The number of morpholine rings is 1. The minimum Gasteiger partial charge on any atom is -0.378 e. The fraction of sp³-hybridized carbons (Fsp3) is 0.611. The van der Waals surface area contributed by atoms with Crippen molar-refractivity contribution < 1.29 is 22.7 Å². The van der Waals surface area contributed by atoms with Crippen LogP contribution in [0.1, 0.15) is 30.4 Å². The second-order valence-corrected chi connectivity index (χ2v) is 6.86. The van der Waals surface area contributed by atoms with Crippen molar-refractivity contribution in [2.45, 2.75) is 38.0 Å². The molecule has 2 atom stereocenters. The molecular weight excluding hydrogens is 347 g/mol. The van der Waals surface area contributed by atoms with Crippen LogP contribution < -0.4 is 16.0 Å². The Morgan fingerprint density at radius 2 is 2.00 bits per heavy atom. The van der Waals surface area contributed by atoms with Crippen LogP contribution in [-0.4, -0.2) is 38.3 Å². The first-order valence-electron chi connectivity index (χ1n) is 8.92. The minimum atomic E-state index is -4.48. The lowest BCUT2D eigenvalue weighted by atomic mass is 10.0. The van der Waals surface area contributed by atoms with Gasteiger partial charge in [0.25, 0.3) is 0 Å². The van der Waals surface area contributed by atoms with Crippen LogP contribution in [-0.2, 0) is 22.3 Å². The predicted molar refractivity (Wildman–Crippen MR) is 91.6 cm³/mol. The van der Waals surface area contributed by atoms with E-state index in [1.807, 2.05) is 4.90 Å². The van der Waals surface area contributed by atoms with Crippen LogP contribution >= 0.6 is 0 Å². The van der Waals surface area contributed by atoms with Gasteiger partial charge in [-0.15, -0.1) is 0 Å². The number of ether oxygens (including phenoxy) is 1. The summed E-state index contributed by atoms with van der Waals surface area (Å²) >= 11 is 0. The second-order valence-electron chi connectivity index (χ2n) is 6.86. The van der Waals surface area contributed by atoms with Crippen molar-refractivity contribution in [1.82, 2.24) is 5.32 Å². The van der Waals surface area contributed by atoms with E-state index in [9.17, 15) is 18.0 Å². The molecule has 5 nitrogen and oxygen atoms in total. The Bertz CT molecular complexity index is 645. The Morgan fingerprint density at radius 1 is 1.27 bits per heavy atom. The molecule has 0 bridgehead atoms. The van der Waals surface area contributed by atoms with Crippen molar-refractivity contribution in [3.8, 4) is 0 Å². The highest BCUT2D eigenvalue weighted by Crippen LogP contribution is 2.35. The molecule has 1 aliphatic carbocycles. The van der Waals surface area contributed by atoms with Gasteiger partial charge >= 0.3 is 6.18 Å². The zero-order chi connectivity index (χ0) is 18.7. The van der Waals surface area contributed by atoms with E-state index in [0.29, 0.717) is 38.4 Å². The monoisotopic (exact) mass is 371 g/mol. The van der Waals surface area contributed by atoms with Gasteiger partial charge in [-0.05, 0) is 30.5 Å². The molecular formula is C18H24F3N3O2. The highest BCUT2D eigenvalue weighted by molar-refractivity contribution is 5.79. The van der Waals surface area contributed by atoms with Gasteiger partial charge in [0.05, 0.1) is 24.7 Å². The third-order valence-electron chi connectivity index (χ3n) is 5.13. The number of carbonyl (C=O) groups excluding carboxylic acids is 1. The quantitative estimate of drug-likeness (QED) is 0.852. The number of halogens is 3. The first-order valence-corrected chi connectivity index (χ1v) is 8.92. The highest BCUT2D eigenvalue weighted by Gasteiger charge is 2.35. The summed E-state index contributed by atoms with van der Waals surface area (Å²) in [6.45, 7) is 1.97. The van der Waals surface area contributed by atoms with Crippen LogP contribution in [0.25, 0.3) is 0 Å². The Labute approximate surface area is 150 Å². The van der Waals surface area contributed by atoms with Crippen LogP contribution in [0.3, 0.4) is 0 Å². The van der Waals surface area contributed by atoms with Gasteiger partial charge in [0.15, 0.2) is 0 Å². The number of alkyl halides is 3. The summed E-state index contributed by atoms with van der Waals surface area (Å²) in [6, 6.07) is 4.07. The van der Waals surface area contributed by atoms with Crippen LogP contribution in [0.4, 0.5) is 18.9 Å². The maximum absolute atomic E-state index is 13.5. The smallest absolute Gasteiger partial charge is 0.378 e. The van der Waals surface area contributed by atoms with Crippen LogP contribution in [0.2, 0.25) is 0 Å². The molecule has 1 saturated carbocycles. The topological polar surface area (TPSA) is 67.6 Å². The lowest BCUT2D eigenvalue weighted by Crippen LogP contribution is -2.38. The summed E-state index contributed by atoms with van der Waals surface area (Å²) in [5, 5.41) is 2.63. The Hall–Kier alpha value is -1.80. The molecule has 0 unspecified atom stereocenters. The number of anilines is 1. The van der Waals surface area contributed by atoms with Gasteiger partial charge in [-0.3, -0.25) is 4.79 Å². The standard InChI is InChI=1S/C18H24F3N3O2/c19-18(20,21)15-10-13(24-6-8-26-9-7-24)5-4-12(15)11-23-17(25)14-2-1-3-16(14)22/h4-5,10,14,16H,1-3,6-9,11,22H2,(H,23,25)/t14-,16-/m1/s1. The molecule has 1 saturated heterocycles. The van der Waals surface area contributed by atoms with E-state index in [1.54, 1.807) is 6.07 Å². The summed E-state index contributed by atoms with van der Waals surface area (Å²) in [6.07, 6.45) is -2.14. The third-order valence-corrected chi connectivity index (χ3v) is 5.13. The summed E-state index contributed by atoms with van der Waals surface area (Å²) in [5.74, 6) is -0.572. The van der Waals surface area contributed by atoms with Gasteiger partial charge in [-0.25, -0.2) is 0 Å². The van der Waals surface area contributed by atoms with E-state index >= 15 is 0 Å². The molecule has 3 N–H and O–H groups in total. The summed E-state index contributed by atoms with van der Waals surface area (Å²) < 4.78 is 45.8. The van der Waals surface area contributed by atoms with Crippen molar-refractivity contribution in [3.05, 3.63) is 29.3 Å². The SMILES string of the molecule is N[C@@H]1CCC[C@H]1C(=O)NCc1ccc(N2CCOCC2)cc1C(F)(F)F. The van der Waals surface area contributed by atoms with E-state index in [1.165, 1.54) is 6.07 Å². The van der Waals surface area contributed by atoms with Crippen molar-refractivity contribution in [2.24, 2.45) is 11.7 Å². The third kappa shape index (κ3) is 4.29. The fourth-order valence-corrected chi connectivity index (χ4v) is 3.63. The molecule has 0 radical (unpaired) electrons. The van der Waals surface area contributed by atoms with Gasteiger partial charge in [0.1, 0.15) is 0 Å². The Morgan fingerprint density at radius 3 is 2.62 bits per heavy atom. The van der Waals surface area contributed by atoms with E-state index in [2.05, 4.69) is 5.32 Å². The van der Waals surface area contributed by atoms with Gasteiger partial charge < -0.3 is 20.7 Å². The zero-order valence-electron chi connectivity index (χ0n) is 14.5. The van der Waals surface area contributed by atoms with E-state index in [4.69, 9.17) is 10.5 Å². The molecule has 2 aliphatic rings. The van der Waals surface area contributed by atoms with Crippen molar-refractivity contribution in [3.63, 3.8) is 0 Å². The average Bonchev–Trinajstić information content (AvgIpc) is 3.05. The highest BCUT2D eigenvalue weighted by atomic mass is 19.4. The fourth-order valence-electron chi connectivity index (χ4n) is 3.63. The van der Waals surface area contributed by atoms with E-state index in [-0.39, 0.29) is 30.0 Å². The Kier molecular flexibility index (Phi) is 5.72. The second kappa shape index (κ2) is 7.84. The number of amides is 1. The minimum absolute atomic E-state index is 0.0643. The molecule has 8 heteroatoms. The molecule has 26 heavy (non-hydrogen) atoms. The van der Waals surface area contributed by atoms with Crippen molar-refractivity contribution in [1.29, 1.82) is 0 Å². The van der Waals surface area contributed by atoms with Crippen LogP contribution in [0.5, 0.6) is 0 Å². The molecule has 144 valence electrons. The average molecular weight is 371 g/mol. The molecule has 3 rings (SSSR count). The number of rotatable bonds is 4. The summed E-state index contributed by atoms with van der Waals surface area (Å²) in [4.78, 5) is 14.1. The molecule has 0 spiro atoms. The number of benzene rings is 1. The predicted octanol–water partition coefficient (Wildman–Crippen LogP) is 2.29. The molecule has 1 amide bonds. The molecule has 1 aromatic rings. The van der Waals surface area contributed by atoms with Crippen molar-refractivity contribution >= 4 is 11.6 Å². The number of nitrogens with zero attached hydrogens (tertiary/aromatic N) is 1. The molecule has 1 heterocycles. The number of hydrogen-bond donors (Lipinski definition) is 2. The number of carbonyl (C=O) groups is 1. The number of hydrogen-bond acceptors (Lipinski definition) is 4. The van der Waals surface area contributed by atoms with Gasteiger partial charge in [-0.2, -0.15) is 13.2 Å². The van der Waals surface area contributed by atoms with Gasteiger partial charge in [0.2, 0.25) is 5.91 Å².